The van der Waals surface area contributed by atoms with Gasteiger partial charge in [-0.2, -0.15) is 0 Å². The highest BCUT2D eigenvalue weighted by atomic mass is 31.2. The van der Waals surface area contributed by atoms with Gasteiger partial charge in [-0.25, -0.2) is 9.59 Å². The van der Waals surface area contributed by atoms with Gasteiger partial charge in [0.15, 0.2) is 6.10 Å². The van der Waals surface area contributed by atoms with E-state index in [1.807, 2.05) is 13.0 Å². The fourth-order valence-corrected chi connectivity index (χ4v) is 4.36. The maximum Gasteiger partial charge on any atom is 0.342 e. The number of carboxylic acids is 1. The van der Waals surface area contributed by atoms with E-state index < -0.39 is 25.6 Å². The number of benzene rings is 1. The van der Waals surface area contributed by atoms with Crippen LogP contribution in [0, 0.1) is 6.92 Å². The van der Waals surface area contributed by atoms with Crippen LogP contribution in [0.5, 0.6) is 11.5 Å². The molecule has 1 aliphatic heterocycles. The van der Waals surface area contributed by atoms with Crippen LogP contribution in [0.1, 0.15) is 40.9 Å². The van der Waals surface area contributed by atoms with Gasteiger partial charge in [0, 0.05) is 24.2 Å². The number of nitrogens with one attached hydrogen (secondary N) is 1. The Labute approximate surface area is 180 Å². The van der Waals surface area contributed by atoms with E-state index in [1.165, 1.54) is 14.0 Å². The lowest BCUT2D eigenvalue weighted by molar-refractivity contribution is -0.144. The topological polar surface area (TPSA) is 152 Å². The maximum absolute atomic E-state index is 12.0. The Morgan fingerprint density at radius 3 is 2.71 bits per heavy atom. The number of allylic oxidation sites excluding steroid dienone is 1. The standard InChI is InChI=1S/C20H28NO9P/c1-11(9-21-7-8-31(26,27)30-13(3)19(23)24)5-6-14-17(22)16-15(10-29-20(16)25)12(2)18(14)28-4/h5,13,21-22H,6-10H2,1-4H3,(H,23,24)(H,26,27)/t13-/m0/s1. The summed E-state index contributed by atoms with van der Waals surface area (Å²) in [6, 6.07) is 0. The third-order valence-corrected chi connectivity index (χ3v) is 6.38. The van der Waals surface area contributed by atoms with Crippen LogP contribution in [0.15, 0.2) is 11.6 Å². The predicted octanol–water partition coefficient (Wildman–Crippen LogP) is 2.13. The van der Waals surface area contributed by atoms with Crippen molar-refractivity contribution >= 4 is 19.5 Å². The van der Waals surface area contributed by atoms with Crippen LogP contribution in [-0.4, -0.2) is 59.5 Å². The number of methoxy groups -OCH3 is 1. The number of carbonyl (C=O) groups excluding carboxylic acids is 1. The van der Waals surface area contributed by atoms with Gasteiger partial charge in [0.2, 0.25) is 0 Å². The number of phenolic OH excluding ortho intramolecular Hbond substituents is 1. The quantitative estimate of drug-likeness (QED) is 0.168. The molecule has 1 unspecified atom stereocenters. The zero-order valence-electron chi connectivity index (χ0n) is 17.9. The van der Waals surface area contributed by atoms with E-state index in [0.717, 1.165) is 11.1 Å². The van der Waals surface area contributed by atoms with Gasteiger partial charge in [-0.15, -0.1) is 0 Å². The minimum absolute atomic E-state index is 0.104. The van der Waals surface area contributed by atoms with E-state index in [4.69, 9.17) is 14.6 Å². The third-order valence-electron chi connectivity index (χ3n) is 4.95. The van der Waals surface area contributed by atoms with Crippen LogP contribution < -0.4 is 10.1 Å². The summed E-state index contributed by atoms with van der Waals surface area (Å²) in [5.41, 5.74) is 2.90. The first-order valence-corrected chi connectivity index (χ1v) is 11.4. The molecule has 11 heteroatoms. The Balaban J connectivity index is 1.98. The number of hydrogen-bond donors (Lipinski definition) is 4. The summed E-state index contributed by atoms with van der Waals surface area (Å²) in [5.74, 6) is -1.52. The average Bonchev–Trinajstić information content (AvgIpc) is 3.08. The van der Waals surface area contributed by atoms with Crippen molar-refractivity contribution in [3.05, 3.63) is 33.9 Å². The first-order valence-electron chi connectivity index (χ1n) is 9.66. The number of fused-ring (bicyclic) bond motifs is 1. The van der Waals surface area contributed by atoms with Gasteiger partial charge >= 0.3 is 19.5 Å². The molecule has 172 valence electrons. The second kappa shape index (κ2) is 10.3. The lowest BCUT2D eigenvalue weighted by Gasteiger charge is -2.16. The number of hydrogen-bond acceptors (Lipinski definition) is 8. The van der Waals surface area contributed by atoms with Gasteiger partial charge in [0.1, 0.15) is 23.7 Å². The zero-order valence-corrected chi connectivity index (χ0v) is 18.8. The van der Waals surface area contributed by atoms with Crippen molar-refractivity contribution in [3.63, 3.8) is 0 Å². The highest BCUT2D eigenvalue weighted by Crippen LogP contribution is 2.43. The zero-order chi connectivity index (χ0) is 23.3. The summed E-state index contributed by atoms with van der Waals surface area (Å²) < 4.78 is 27.0. The molecular weight excluding hydrogens is 429 g/mol. The first-order chi connectivity index (χ1) is 14.5. The van der Waals surface area contributed by atoms with E-state index in [-0.39, 0.29) is 30.6 Å². The minimum atomic E-state index is -4.02. The Hall–Kier alpha value is -2.39. The molecule has 1 aromatic rings. The summed E-state index contributed by atoms with van der Waals surface area (Å²) in [4.78, 5) is 32.4. The van der Waals surface area contributed by atoms with Crippen molar-refractivity contribution < 1.29 is 43.3 Å². The number of rotatable bonds is 11. The van der Waals surface area contributed by atoms with Gasteiger partial charge in [-0.1, -0.05) is 11.6 Å². The predicted molar refractivity (Wildman–Crippen MR) is 112 cm³/mol. The van der Waals surface area contributed by atoms with Gasteiger partial charge in [-0.05, 0) is 32.8 Å². The third kappa shape index (κ3) is 6.07. The Morgan fingerprint density at radius 1 is 1.42 bits per heavy atom. The number of carbonyl (C=O) groups is 2. The molecule has 4 N–H and O–H groups in total. The second-order valence-corrected chi connectivity index (χ2v) is 9.23. The Bertz CT molecular complexity index is 941. The minimum Gasteiger partial charge on any atom is -0.507 e. The largest absolute Gasteiger partial charge is 0.507 e. The van der Waals surface area contributed by atoms with Crippen molar-refractivity contribution in [3.8, 4) is 11.5 Å². The monoisotopic (exact) mass is 457 g/mol. The molecule has 31 heavy (non-hydrogen) atoms. The molecule has 0 saturated heterocycles. The molecule has 10 nitrogen and oxygen atoms in total. The number of esters is 1. The van der Waals surface area contributed by atoms with Crippen LogP contribution in [0.25, 0.3) is 0 Å². The fourth-order valence-electron chi connectivity index (χ4n) is 3.23. The molecule has 1 aromatic carbocycles. The summed E-state index contributed by atoms with van der Waals surface area (Å²) in [6.45, 7) is 5.48. The molecular formula is C20H28NO9P. The highest BCUT2D eigenvalue weighted by Gasteiger charge is 2.32. The van der Waals surface area contributed by atoms with E-state index >= 15 is 0 Å². The van der Waals surface area contributed by atoms with Crippen molar-refractivity contribution in [2.24, 2.45) is 0 Å². The molecule has 1 heterocycles. The second-order valence-electron chi connectivity index (χ2n) is 7.29. The number of aliphatic carboxylic acids is 1. The number of cyclic esters (lactones) is 1. The summed E-state index contributed by atoms with van der Waals surface area (Å²) in [5, 5.41) is 22.3. The first kappa shape index (κ1) is 24.9. The Kier molecular flexibility index (Phi) is 8.25. The van der Waals surface area contributed by atoms with E-state index in [2.05, 4.69) is 9.84 Å². The lowest BCUT2D eigenvalue weighted by atomic mass is 9.95. The lowest BCUT2D eigenvalue weighted by Crippen LogP contribution is -2.23. The number of carboxylic acid groups (broad SMARTS) is 1. The number of ether oxygens (including phenoxy) is 2. The molecule has 0 amide bonds. The molecule has 0 aliphatic carbocycles. The molecule has 2 rings (SSSR count). The molecule has 0 aromatic heterocycles. The van der Waals surface area contributed by atoms with E-state index in [0.29, 0.717) is 29.8 Å². The normalized spacial score (nSPS) is 16.4. The molecule has 2 atom stereocenters. The average molecular weight is 457 g/mol. The molecule has 0 bridgehead atoms. The van der Waals surface area contributed by atoms with Crippen molar-refractivity contribution in [2.45, 2.75) is 39.9 Å². The Morgan fingerprint density at radius 2 is 2.10 bits per heavy atom. The van der Waals surface area contributed by atoms with Crippen LogP contribution >= 0.6 is 7.60 Å². The fraction of sp³-hybridized carbons (Fsp3) is 0.500. The summed E-state index contributed by atoms with van der Waals surface area (Å²) >= 11 is 0. The van der Waals surface area contributed by atoms with Crippen molar-refractivity contribution in [2.75, 3.05) is 26.4 Å². The number of phenols is 1. The van der Waals surface area contributed by atoms with Gasteiger partial charge in [0.05, 0.1) is 13.3 Å². The van der Waals surface area contributed by atoms with Gasteiger partial charge in [-0.3, -0.25) is 9.09 Å². The summed E-state index contributed by atoms with van der Waals surface area (Å²) in [7, 11) is -2.52. The molecule has 0 spiro atoms. The van der Waals surface area contributed by atoms with E-state index in [9.17, 15) is 24.2 Å². The number of aromatic hydroxyl groups is 1. The molecule has 1 aliphatic rings. The van der Waals surface area contributed by atoms with Crippen molar-refractivity contribution in [1.82, 2.24) is 5.32 Å². The molecule has 0 fully saturated rings. The van der Waals surface area contributed by atoms with Gasteiger partial charge in [0.25, 0.3) is 0 Å². The van der Waals surface area contributed by atoms with Crippen LogP contribution in [-0.2, 0) is 31.6 Å². The van der Waals surface area contributed by atoms with Crippen LogP contribution in [0.4, 0.5) is 0 Å². The smallest absolute Gasteiger partial charge is 0.342 e. The molecule has 0 radical (unpaired) electrons. The summed E-state index contributed by atoms with van der Waals surface area (Å²) in [6.07, 6.45) is 0.548. The van der Waals surface area contributed by atoms with Gasteiger partial charge < -0.3 is 29.9 Å². The van der Waals surface area contributed by atoms with Crippen molar-refractivity contribution in [1.29, 1.82) is 0 Å². The molecule has 0 saturated carbocycles. The maximum atomic E-state index is 12.0. The van der Waals surface area contributed by atoms with Crippen LogP contribution in [0.2, 0.25) is 0 Å². The highest BCUT2D eigenvalue weighted by molar-refractivity contribution is 7.52. The van der Waals surface area contributed by atoms with E-state index in [1.54, 1.807) is 6.92 Å². The SMILES string of the molecule is COc1c(C)c2c(c(O)c1CC=C(C)CNCCP(=O)(O)O[C@@H](C)C(=O)O)C(=O)OC2. The van der Waals surface area contributed by atoms with Crippen LogP contribution in [0.3, 0.4) is 0 Å².